The van der Waals surface area contributed by atoms with Crippen LogP contribution >= 0.6 is 15.9 Å². The molecule has 3 aromatic rings. The first-order chi connectivity index (χ1) is 9.69. The molecule has 0 amide bonds. The Bertz CT molecular complexity index is 764. The smallest absolute Gasteiger partial charge is 0.153 e. The number of fused-ring (bicyclic) bond motifs is 1. The van der Waals surface area contributed by atoms with Gasteiger partial charge in [-0.05, 0) is 43.3 Å². The molecule has 0 unspecified atom stereocenters. The number of halogens is 1. The Kier molecular flexibility index (Phi) is 3.54. The molecule has 4 nitrogen and oxygen atoms in total. The maximum Gasteiger partial charge on any atom is 0.153 e. The number of benzene rings is 1. The first-order valence-corrected chi connectivity index (χ1v) is 7.28. The highest BCUT2D eigenvalue weighted by Gasteiger charge is 2.08. The molecule has 102 valence electrons. The second-order valence-corrected chi connectivity index (χ2v) is 5.65. The van der Waals surface area contributed by atoms with Gasteiger partial charge in [0.05, 0.1) is 17.6 Å². The normalized spacial score (nSPS) is 11.2. The van der Waals surface area contributed by atoms with Gasteiger partial charge in [-0.2, -0.15) is 5.10 Å². The summed E-state index contributed by atoms with van der Waals surface area (Å²) in [5, 5.41) is 4.70. The van der Waals surface area contributed by atoms with Crippen molar-refractivity contribution in [3.8, 4) is 11.3 Å². The van der Waals surface area contributed by atoms with Crippen molar-refractivity contribution < 1.29 is 0 Å². The largest absolute Gasteiger partial charge is 0.330 e. The molecule has 3 rings (SSSR count). The maximum atomic E-state index is 5.63. The number of rotatable bonds is 3. The number of nitrogens with zero attached hydrogens (tertiary/aromatic N) is 3. The van der Waals surface area contributed by atoms with E-state index in [0.717, 1.165) is 33.5 Å². The fourth-order valence-electron chi connectivity index (χ4n) is 2.25. The number of hydrogen-bond donors (Lipinski definition) is 1. The lowest BCUT2D eigenvalue weighted by Crippen LogP contribution is -2.07. The van der Waals surface area contributed by atoms with Gasteiger partial charge < -0.3 is 5.73 Å². The topological polar surface area (TPSA) is 56.2 Å². The van der Waals surface area contributed by atoms with E-state index < -0.39 is 0 Å². The van der Waals surface area contributed by atoms with Gasteiger partial charge in [-0.15, -0.1) is 0 Å². The van der Waals surface area contributed by atoms with Crippen molar-refractivity contribution in [3.63, 3.8) is 0 Å². The lowest BCUT2D eigenvalue weighted by atomic mass is 10.1. The molecule has 0 aliphatic carbocycles. The van der Waals surface area contributed by atoms with Crippen molar-refractivity contribution in [2.24, 2.45) is 5.73 Å². The van der Waals surface area contributed by atoms with Gasteiger partial charge in [-0.25, -0.2) is 9.50 Å². The molecule has 0 atom stereocenters. The zero-order chi connectivity index (χ0) is 14.1. The molecular weight excluding hydrogens is 316 g/mol. The molecule has 2 aromatic heterocycles. The summed E-state index contributed by atoms with van der Waals surface area (Å²) in [6, 6.07) is 10.2. The summed E-state index contributed by atoms with van der Waals surface area (Å²) in [4.78, 5) is 4.35. The van der Waals surface area contributed by atoms with Crippen LogP contribution in [0.25, 0.3) is 16.9 Å². The van der Waals surface area contributed by atoms with E-state index in [1.165, 1.54) is 5.56 Å². The Balaban J connectivity index is 2.16. The first-order valence-electron chi connectivity index (χ1n) is 6.49. The number of imidazole rings is 1. The van der Waals surface area contributed by atoms with Gasteiger partial charge in [0.1, 0.15) is 0 Å². The average Bonchev–Trinajstić information content (AvgIpc) is 2.84. The minimum Gasteiger partial charge on any atom is -0.330 e. The lowest BCUT2D eigenvalue weighted by Gasteiger charge is -2.07. The predicted molar refractivity (Wildman–Crippen MR) is 83.6 cm³/mol. The minimum atomic E-state index is 0.593. The van der Waals surface area contributed by atoms with Gasteiger partial charge in [0.2, 0.25) is 0 Å². The van der Waals surface area contributed by atoms with Crippen molar-refractivity contribution >= 4 is 21.6 Å². The number of nitrogens with two attached hydrogens (primary N) is 1. The predicted octanol–water partition coefficient (Wildman–Crippen LogP) is 2.97. The van der Waals surface area contributed by atoms with Crippen molar-refractivity contribution in [1.29, 1.82) is 0 Å². The molecule has 0 bridgehead atoms. The molecule has 0 spiro atoms. The summed E-state index contributed by atoms with van der Waals surface area (Å²) in [5.41, 5.74) is 10.8. The van der Waals surface area contributed by atoms with Crippen LogP contribution in [0.15, 0.2) is 41.0 Å². The number of aromatic nitrogens is 3. The molecule has 0 aliphatic rings. The molecule has 1 aromatic carbocycles. The summed E-state index contributed by atoms with van der Waals surface area (Å²) in [7, 11) is 0. The molecule has 0 fully saturated rings. The molecule has 0 radical (unpaired) electrons. The first kappa shape index (κ1) is 13.3. The third kappa shape index (κ3) is 2.34. The van der Waals surface area contributed by atoms with E-state index in [0.29, 0.717) is 6.54 Å². The molecule has 0 saturated heterocycles. The summed E-state index contributed by atoms with van der Waals surface area (Å²) >= 11 is 3.51. The quantitative estimate of drug-likeness (QED) is 0.803. The standard InChI is InChI=1S/C15H15BrN4/c1-10-2-3-11(16)8-13(10)14-4-5-15-18-9-12(6-7-17)20(15)19-14/h2-5,8-9H,6-7,17H2,1H3. The molecular formula is C15H15BrN4. The van der Waals surface area contributed by atoms with Crippen LogP contribution in [0.5, 0.6) is 0 Å². The maximum absolute atomic E-state index is 5.63. The second kappa shape index (κ2) is 5.34. The average molecular weight is 331 g/mol. The van der Waals surface area contributed by atoms with Crippen LogP contribution in [0.4, 0.5) is 0 Å². The molecule has 20 heavy (non-hydrogen) atoms. The van der Waals surface area contributed by atoms with Crippen LogP contribution < -0.4 is 5.73 Å². The van der Waals surface area contributed by atoms with Crippen molar-refractivity contribution in [3.05, 3.63) is 52.3 Å². The Morgan fingerprint density at radius 1 is 1.25 bits per heavy atom. The van der Waals surface area contributed by atoms with Crippen molar-refractivity contribution in [1.82, 2.24) is 14.6 Å². The van der Waals surface area contributed by atoms with Gasteiger partial charge >= 0.3 is 0 Å². The highest BCUT2D eigenvalue weighted by atomic mass is 79.9. The summed E-state index contributed by atoms with van der Waals surface area (Å²) in [6.07, 6.45) is 2.61. The van der Waals surface area contributed by atoms with Crippen LogP contribution in [-0.2, 0) is 6.42 Å². The summed E-state index contributed by atoms with van der Waals surface area (Å²) in [5.74, 6) is 0. The molecule has 5 heteroatoms. The fraction of sp³-hybridized carbons (Fsp3) is 0.200. The zero-order valence-corrected chi connectivity index (χ0v) is 12.8. The summed E-state index contributed by atoms with van der Waals surface area (Å²) in [6.45, 7) is 2.68. The number of hydrogen-bond acceptors (Lipinski definition) is 3. The second-order valence-electron chi connectivity index (χ2n) is 4.74. The highest BCUT2D eigenvalue weighted by molar-refractivity contribution is 9.10. The van der Waals surface area contributed by atoms with Gasteiger partial charge in [0.15, 0.2) is 5.65 Å². The molecule has 2 N–H and O–H groups in total. The Morgan fingerprint density at radius 2 is 2.10 bits per heavy atom. The van der Waals surface area contributed by atoms with E-state index in [-0.39, 0.29) is 0 Å². The Morgan fingerprint density at radius 3 is 2.90 bits per heavy atom. The SMILES string of the molecule is Cc1ccc(Br)cc1-c1ccc2ncc(CCN)n2n1. The Labute approximate surface area is 125 Å². The molecule has 0 saturated carbocycles. The highest BCUT2D eigenvalue weighted by Crippen LogP contribution is 2.25. The van der Waals surface area contributed by atoms with Crippen LogP contribution in [0, 0.1) is 6.92 Å². The van der Waals surface area contributed by atoms with Crippen LogP contribution in [0.2, 0.25) is 0 Å². The third-order valence-corrected chi connectivity index (χ3v) is 3.80. The van der Waals surface area contributed by atoms with Gasteiger partial charge in [0, 0.05) is 16.5 Å². The summed E-state index contributed by atoms with van der Waals surface area (Å²) < 4.78 is 2.93. The van der Waals surface area contributed by atoms with E-state index in [2.05, 4.69) is 40.0 Å². The van der Waals surface area contributed by atoms with Crippen molar-refractivity contribution in [2.75, 3.05) is 6.54 Å². The van der Waals surface area contributed by atoms with E-state index in [1.54, 1.807) is 0 Å². The van der Waals surface area contributed by atoms with E-state index in [9.17, 15) is 0 Å². The van der Waals surface area contributed by atoms with Crippen LogP contribution in [-0.4, -0.2) is 21.1 Å². The molecule has 2 heterocycles. The zero-order valence-electron chi connectivity index (χ0n) is 11.2. The van der Waals surface area contributed by atoms with Gasteiger partial charge in [-0.1, -0.05) is 22.0 Å². The van der Waals surface area contributed by atoms with E-state index in [4.69, 9.17) is 10.8 Å². The lowest BCUT2D eigenvalue weighted by molar-refractivity contribution is 0.829. The minimum absolute atomic E-state index is 0.593. The number of aryl methyl sites for hydroxylation is 1. The van der Waals surface area contributed by atoms with Gasteiger partial charge in [0.25, 0.3) is 0 Å². The fourth-order valence-corrected chi connectivity index (χ4v) is 2.61. The molecule has 0 aliphatic heterocycles. The Hall–Kier alpha value is -1.72. The van der Waals surface area contributed by atoms with Gasteiger partial charge in [-0.3, -0.25) is 0 Å². The third-order valence-electron chi connectivity index (χ3n) is 3.31. The van der Waals surface area contributed by atoms with E-state index >= 15 is 0 Å². The van der Waals surface area contributed by atoms with Crippen LogP contribution in [0.3, 0.4) is 0 Å². The van der Waals surface area contributed by atoms with Crippen LogP contribution in [0.1, 0.15) is 11.3 Å². The van der Waals surface area contributed by atoms with E-state index in [1.807, 2.05) is 28.9 Å². The van der Waals surface area contributed by atoms with Crippen molar-refractivity contribution in [2.45, 2.75) is 13.3 Å². The monoisotopic (exact) mass is 330 g/mol.